The summed E-state index contributed by atoms with van der Waals surface area (Å²) >= 11 is 3.45. The second kappa shape index (κ2) is 6.81. The van der Waals surface area contributed by atoms with E-state index in [2.05, 4.69) is 40.1 Å². The molecule has 0 aliphatic carbocycles. The number of halogens is 1. The summed E-state index contributed by atoms with van der Waals surface area (Å²) in [4.78, 5) is 4.27. The van der Waals surface area contributed by atoms with Crippen LogP contribution >= 0.6 is 15.9 Å². The monoisotopic (exact) mass is 301 g/mol. The molecule has 1 rings (SSSR count). The molecule has 1 aromatic heterocycles. The van der Waals surface area contributed by atoms with Gasteiger partial charge >= 0.3 is 0 Å². The van der Waals surface area contributed by atoms with Gasteiger partial charge in [0.1, 0.15) is 5.82 Å². The number of nitrogens with one attached hydrogen (secondary N) is 1. The summed E-state index contributed by atoms with van der Waals surface area (Å²) in [6.07, 6.45) is 1.64. The van der Waals surface area contributed by atoms with Gasteiger partial charge in [0, 0.05) is 6.61 Å². The lowest BCUT2D eigenvalue weighted by Gasteiger charge is -2.23. The molecule has 0 fully saturated rings. The maximum atomic E-state index is 5.65. The van der Waals surface area contributed by atoms with Gasteiger partial charge in [-0.05, 0) is 34.8 Å². The number of nitrogens with zero attached hydrogens (tertiary/aromatic N) is 1. The minimum atomic E-state index is 0.238. The van der Waals surface area contributed by atoms with Gasteiger partial charge in [0.15, 0.2) is 0 Å². The Hall–Kier alpha value is -0.810. The first-order chi connectivity index (χ1) is 8.04. The minimum absolute atomic E-state index is 0.238. The molecule has 17 heavy (non-hydrogen) atoms. The predicted octanol–water partition coefficient (Wildman–Crippen LogP) is 2.90. The molecule has 0 aromatic carbocycles. The first-order valence-corrected chi connectivity index (χ1v) is 6.59. The fourth-order valence-corrected chi connectivity index (χ4v) is 1.86. The molecule has 0 saturated carbocycles. The Labute approximate surface area is 111 Å². The van der Waals surface area contributed by atoms with Gasteiger partial charge in [-0.2, -0.15) is 0 Å². The third-order valence-electron chi connectivity index (χ3n) is 2.49. The third kappa shape index (κ3) is 4.52. The zero-order chi connectivity index (χ0) is 12.8. The first-order valence-electron chi connectivity index (χ1n) is 5.79. The van der Waals surface area contributed by atoms with E-state index in [-0.39, 0.29) is 6.04 Å². The van der Waals surface area contributed by atoms with Crippen molar-refractivity contribution in [3.8, 4) is 0 Å². The molecule has 0 aliphatic heterocycles. The highest BCUT2D eigenvalue weighted by molar-refractivity contribution is 9.10. The number of ether oxygens (including phenoxy) is 1. The minimum Gasteiger partial charge on any atom is -0.397 e. The molecule has 5 heteroatoms. The van der Waals surface area contributed by atoms with Gasteiger partial charge in [-0.1, -0.05) is 13.8 Å². The highest BCUT2D eigenvalue weighted by Gasteiger charge is 2.15. The molecule has 0 saturated heterocycles. The number of pyridine rings is 1. The largest absolute Gasteiger partial charge is 0.397 e. The van der Waals surface area contributed by atoms with Gasteiger partial charge in [-0.15, -0.1) is 0 Å². The Balaban J connectivity index is 2.71. The van der Waals surface area contributed by atoms with Gasteiger partial charge in [0.2, 0.25) is 0 Å². The van der Waals surface area contributed by atoms with E-state index in [4.69, 9.17) is 10.5 Å². The summed E-state index contributed by atoms with van der Waals surface area (Å²) < 4.78 is 6.34. The maximum absolute atomic E-state index is 5.65. The van der Waals surface area contributed by atoms with Crippen molar-refractivity contribution in [2.24, 2.45) is 5.92 Å². The molecule has 0 aliphatic rings. The van der Waals surface area contributed by atoms with Crippen LogP contribution in [-0.4, -0.2) is 24.2 Å². The predicted molar refractivity (Wildman–Crippen MR) is 75.1 cm³/mol. The van der Waals surface area contributed by atoms with Crippen molar-refractivity contribution in [1.29, 1.82) is 0 Å². The van der Waals surface area contributed by atoms with Crippen molar-refractivity contribution < 1.29 is 4.74 Å². The van der Waals surface area contributed by atoms with Crippen LogP contribution < -0.4 is 11.1 Å². The molecule has 3 N–H and O–H groups in total. The number of hydrogen-bond donors (Lipinski definition) is 2. The lowest BCUT2D eigenvalue weighted by molar-refractivity contribution is 0.126. The van der Waals surface area contributed by atoms with Gasteiger partial charge in [-0.25, -0.2) is 4.98 Å². The molecule has 1 atom stereocenters. The number of nitrogens with two attached hydrogens (primary N) is 1. The lowest BCUT2D eigenvalue weighted by Crippen LogP contribution is -2.31. The van der Waals surface area contributed by atoms with Crippen LogP contribution in [0.4, 0.5) is 11.5 Å². The van der Waals surface area contributed by atoms with Gasteiger partial charge in [0.25, 0.3) is 0 Å². The summed E-state index contributed by atoms with van der Waals surface area (Å²) in [6.45, 7) is 7.70. The highest BCUT2D eigenvalue weighted by Crippen LogP contribution is 2.23. The Bertz CT molecular complexity index is 358. The summed E-state index contributed by atoms with van der Waals surface area (Å²) in [7, 11) is 0. The van der Waals surface area contributed by atoms with E-state index in [0.29, 0.717) is 18.2 Å². The van der Waals surface area contributed by atoms with Crippen molar-refractivity contribution in [2.45, 2.75) is 26.8 Å². The summed E-state index contributed by atoms with van der Waals surface area (Å²) in [5.74, 6) is 1.27. The van der Waals surface area contributed by atoms with Crippen LogP contribution in [0, 0.1) is 5.92 Å². The number of anilines is 2. The van der Waals surface area contributed by atoms with Crippen LogP contribution in [0.25, 0.3) is 0 Å². The maximum Gasteiger partial charge on any atom is 0.140 e. The molecule has 4 nitrogen and oxygen atoms in total. The summed E-state index contributed by atoms with van der Waals surface area (Å²) in [5.41, 5.74) is 6.30. The van der Waals surface area contributed by atoms with Crippen molar-refractivity contribution in [2.75, 3.05) is 24.3 Å². The van der Waals surface area contributed by atoms with E-state index in [1.807, 2.05) is 13.0 Å². The van der Waals surface area contributed by atoms with Crippen LogP contribution in [0.15, 0.2) is 16.7 Å². The Kier molecular flexibility index (Phi) is 5.71. The topological polar surface area (TPSA) is 60.2 Å². The molecule has 0 bridgehead atoms. The summed E-state index contributed by atoms with van der Waals surface area (Å²) in [5, 5.41) is 3.37. The number of aromatic nitrogens is 1. The molecule has 0 radical (unpaired) electrons. The fraction of sp³-hybridized carbons (Fsp3) is 0.583. The van der Waals surface area contributed by atoms with Crippen molar-refractivity contribution in [3.63, 3.8) is 0 Å². The Morgan fingerprint density at radius 3 is 2.76 bits per heavy atom. The van der Waals surface area contributed by atoms with E-state index < -0.39 is 0 Å². The molecule has 0 amide bonds. The Morgan fingerprint density at radius 2 is 2.24 bits per heavy atom. The van der Waals surface area contributed by atoms with Crippen LogP contribution in [-0.2, 0) is 4.74 Å². The van der Waals surface area contributed by atoms with Crippen LogP contribution in [0.3, 0.4) is 0 Å². The van der Waals surface area contributed by atoms with Crippen LogP contribution in [0.1, 0.15) is 20.8 Å². The van der Waals surface area contributed by atoms with Crippen LogP contribution in [0.2, 0.25) is 0 Å². The Morgan fingerprint density at radius 1 is 1.53 bits per heavy atom. The average Bonchev–Trinajstić information content (AvgIpc) is 2.26. The van der Waals surface area contributed by atoms with E-state index in [9.17, 15) is 0 Å². The smallest absolute Gasteiger partial charge is 0.140 e. The van der Waals surface area contributed by atoms with E-state index in [1.165, 1.54) is 0 Å². The number of rotatable bonds is 6. The quantitative estimate of drug-likeness (QED) is 0.848. The first kappa shape index (κ1) is 14.3. The van der Waals surface area contributed by atoms with Gasteiger partial charge in [0.05, 0.1) is 29.0 Å². The molecular weight excluding hydrogens is 282 g/mol. The second-order valence-corrected chi connectivity index (χ2v) is 5.11. The van der Waals surface area contributed by atoms with Crippen molar-refractivity contribution >= 4 is 27.4 Å². The molecule has 1 heterocycles. The normalized spacial score (nSPS) is 12.8. The molecular formula is C12H20BrN3O. The van der Waals surface area contributed by atoms with E-state index >= 15 is 0 Å². The molecule has 0 spiro atoms. The molecule has 96 valence electrons. The molecule has 1 aromatic rings. The van der Waals surface area contributed by atoms with Crippen LogP contribution in [0.5, 0.6) is 0 Å². The van der Waals surface area contributed by atoms with Gasteiger partial charge < -0.3 is 15.8 Å². The second-order valence-electron chi connectivity index (χ2n) is 4.25. The van der Waals surface area contributed by atoms with Crippen molar-refractivity contribution in [3.05, 3.63) is 16.7 Å². The fourth-order valence-electron chi connectivity index (χ4n) is 1.38. The van der Waals surface area contributed by atoms with E-state index in [0.717, 1.165) is 16.9 Å². The number of nitrogen functional groups attached to an aromatic ring is 1. The standard InChI is InChI=1S/C12H20BrN3O/c1-4-17-7-11(8(2)3)16-12-10(13)5-9(14)6-15-12/h5-6,8,11H,4,7,14H2,1-3H3,(H,15,16). The summed E-state index contributed by atoms with van der Waals surface area (Å²) in [6, 6.07) is 2.08. The zero-order valence-electron chi connectivity index (χ0n) is 10.5. The highest BCUT2D eigenvalue weighted by atomic mass is 79.9. The number of hydrogen-bond acceptors (Lipinski definition) is 4. The SMILES string of the molecule is CCOCC(Nc1ncc(N)cc1Br)C(C)C. The average molecular weight is 302 g/mol. The third-order valence-corrected chi connectivity index (χ3v) is 3.10. The van der Waals surface area contributed by atoms with Gasteiger partial charge in [-0.3, -0.25) is 0 Å². The van der Waals surface area contributed by atoms with E-state index in [1.54, 1.807) is 6.20 Å². The molecule has 1 unspecified atom stereocenters. The lowest BCUT2D eigenvalue weighted by atomic mass is 10.1. The zero-order valence-corrected chi connectivity index (χ0v) is 12.1. The van der Waals surface area contributed by atoms with Crippen molar-refractivity contribution in [1.82, 2.24) is 4.98 Å².